The summed E-state index contributed by atoms with van der Waals surface area (Å²) in [6, 6.07) is 14.2. The summed E-state index contributed by atoms with van der Waals surface area (Å²) in [4.78, 5) is 29.3. The van der Waals surface area contributed by atoms with Gasteiger partial charge in [-0.2, -0.15) is 0 Å². The van der Waals surface area contributed by atoms with Crippen LogP contribution in [0, 0.1) is 5.41 Å². The standard InChI is InChI=1S/C23H24ClN3O3S/c1-23(2,13-21(28)30-3)12-20-25-14-19(31-20)15-8-10-16(11-9-15)26-22(29)27-18-7-5-4-6-17(18)24/h4-11,14H,12-13H2,1-3H3,(H2,26,27,29). The van der Waals surface area contributed by atoms with Gasteiger partial charge < -0.3 is 15.4 Å². The van der Waals surface area contributed by atoms with Gasteiger partial charge in [-0.05, 0) is 35.2 Å². The first-order valence-electron chi connectivity index (χ1n) is 9.70. The highest BCUT2D eigenvalue weighted by Gasteiger charge is 2.24. The number of hydrogen-bond acceptors (Lipinski definition) is 5. The zero-order valence-electron chi connectivity index (χ0n) is 17.6. The second-order valence-corrected chi connectivity index (χ2v) is 9.37. The van der Waals surface area contributed by atoms with Crippen LogP contribution >= 0.6 is 22.9 Å². The first kappa shape index (κ1) is 22.8. The van der Waals surface area contributed by atoms with Crippen LogP contribution in [0.25, 0.3) is 10.4 Å². The lowest BCUT2D eigenvalue weighted by molar-refractivity contribution is -0.142. The number of nitrogens with zero attached hydrogens (tertiary/aromatic N) is 1. The van der Waals surface area contributed by atoms with E-state index in [0.29, 0.717) is 29.2 Å². The lowest BCUT2D eigenvalue weighted by Crippen LogP contribution is -2.20. The van der Waals surface area contributed by atoms with E-state index in [2.05, 4.69) is 15.6 Å². The van der Waals surface area contributed by atoms with Crippen LogP contribution in [0.3, 0.4) is 0 Å². The maximum absolute atomic E-state index is 12.2. The second-order valence-electron chi connectivity index (χ2n) is 7.85. The summed E-state index contributed by atoms with van der Waals surface area (Å²) in [5.41, 5.74) is 1.99. The van der Waals surface area contributed by atoms with Gasteiger partial charge >= 0.3 is 12.0 Å². The average Bonchev–Trinajstić information content (AvgIpc) is 3.17. The Morgan fingerprint density at radius 3 is 2.48 bits per heavy atom. The Bertz CT molecular complexity index is 1060. The van der Waals surface area contributed by atoms with Gasteiger partial charge in [0.1, 0.15) is 0 Å². The molecule has 1 heterocycles. The average molecular weight is 458 g/mol. The molecule has 0 saturated carbocycles. The summed E-state index contributed by atoms with van der Waals surface area (Å²) < 4.78 is 4.78. The van der Waals surface area contributed by atoms with Crippen molar-refractivity contribution in [3.63, 3.8) is 0 Å². The third-order valence-electron chi connectivity index (χ3n) is 4.58. The number of nitrogens with one attached hydrogen (secondary N) is 2. The summed E-state index contributed by atoms with van der Waals surface area (Å²) in [5, 5.41) is 6.96. The molecule has 0 radical (unpaired) electrons. The molecule has 6 nitrogen and oxygen atoms in total. The smallest absolute Gasteiger partial charge is 0.323 e. The van der Waals surface area contributed by atoms with Crippen molar-refractivity contribution >= 4 is 46.3 Å². The number of carbonyl (C=O) groups excluding carboxylic acids is 2. The number of aromatic nitrogens is 1. The molecule has 0 unspecified atom stereocenters. The monoisotopic (exact) mass is 457 g/mol. The molecule has 2 N–H and O–H groups in total. The molecular weight excluding hydrogens is 434 g/mol. The Hall–Kier alpha value is -2.90. The Morgan fingerprint density at radius 1 is 1.10 bits per heavy atom. The number of carbonyl (C=O) groups is 2. The molecule has 0 saturated heterocycles. The van der Waals surface area contributed by atoms with E-state index in [9.17, 15) is 9.59 Å². The van der Waals surface area contributed by atoms with Crippen molar-refractivity contribution < 1.29 is 14.3 Å². The molecule has 0 aliphatic rings. The highest BCUT2D eigenvalue weighted by Crippen LogP contribution is 2.32. The summed E-state index contributed by atoms with van der Waals surface area (Å²) in [6.07, 6.45) is 2.87. The lowest BCUT2D eigenvalue weighted by Gasteiger charge is -2.21. The number of urea groups is 1. The fourth-order valence-electron chi connectivity index (χ4n) is 3.03. The number of esters is 1. The molecule has 2 amide bonds. The first-order chi connectivity index (χ1) is 14.8. The summed E-state index contributed by atoms with van der Waals surface area (Å²) in [6.45, 7) is 4.05. The topological polar surface area (TPSA) is 80.3 Å². The Labute approximate surface area is 190 Å². The van der Waals surface area contributed by atoms with Gasteiger partial charge in [0.2, 0.25) is 0 Å². The molecule has 0 aliphatic carbocycles. The summed E-state index contributed by atoms with van der Waals surface area (Å²) in [7, 11) is 1.40. The van der Waals surface area contributed by atoms with E-state index in [-0.39, 0.29) is 17.4 Å². The van der Waals surface area contributed by atoms with E-state index in [4.69, 9.17) is 16.3 Å². The SMILES string of the molecule is COC(=O)CC(C)(C)Cc1ncc(-c2ccc(NC(=O)Nc3ccccc3Cl)cc2)s1. The number of amides is 2. The van der Waals surface area contributed by atoms with Gasteiger partial charge in [-0.3, -0.25) is 4.79 Å². The number of halogens is 1. The second kappa shape index (κ2) is 9.94. The van der Waals surface area contributed by atoms with E-state index >= 15 is 0 Å². The fraction of sp³-hybridized carbons (Fsp3) is 0.261. The van der Waals surface area contributed by atoms with E-state index < -0.39 is 0 Å². The molecule has 162 valence electrons. The van der Waals surface area contributed by atoms with Crippen LogP contribution in [0.1, 0.15) is 25.3 Å². The van der Waals surface area contributed by atoms with Crippen molar-refractivity contribution in [2.45, 2.75) is 26.7 Å². The van der Waals surface area contributed by atoms with Crippen LogP contribution in [0.2, 0.25) is 5.02 Å². The van der Waals surface area contributed by atoms with Gasteiger partial charge in [-0.1, -0.05) is 49.7 Å². The lowest BCUT2D eigenvalue weighted by atomic mass is 9.86. The number of rotatable bonds is 7. The predicted octanol–water partition coefficient (Wildman–Crippen LogP) is 6.24. The minimum atomic E-state index is -0.367. The predicted molar refractivity (Wildman–Crippen MR) is 126 cm³/mol. The minimum absolute atomic E-state index is 0.219. The molecule has 31 heavy (non-hydrogen) atoms. The molecule has 3 rings (SSSR count). The minimum Gasteiger partial charge on any atom is -0.469 e. The molecule has 1 aromatic heterocycles. The number of para-hydroxylation sites is 1. The number of thiazole rings is 1. The molecule has 0 atom stereocenters. The highest BCUT2D eigenvalue weighted by molar-refractivity contribution is 7.15. The maximum Gasteiger partial charge on any atom is 0.323 e. The molecule has 0 spiro atoms. The zero-order valence-corrected chi connectivity index (χ0v) is 19.1. The number of anilines is 2. The number of benzene rings is 2. The van der Waals surface area contributed by atoms with Crippen molar-refractivity contribution in [2.75, 3.05) is 17.7 Å². The fourth-order valence-corrected chi connectivity index (χ4v) is 4.39. The summed E-state index contributed by atoms with van der Waals surface area (Å²) in [5.74, 6) is -0.219. The third-order valence-corrected chi connectivity index (χ3v) is 5.96. The van der Waals surface area contributed by atoms with Crippen molar-refractivity contribution in [3.8, 4) is 10.4 Å². The first-order valence-corrected chi connectivity index (χ1v) is 10.9. The van der Waals surface area contributed by atoms with Crippen LogP contribution in [0.5, 0.6) is 0 Å². The number of hydrogen-bond donors (Lipinski definition) is 2. The van der Waals surface area contributed by atoms with Gasteiger partial charge in [0.05, 0.1) is 34.1 Å². The quantitative estimate of drug-likeness (QED) is 0.411. The van der Waals surface area contributed by atoms with Crippen LogP contribution in [0.4, 0.5) is 16.2 Å². The Kier molecular flexibility index (Phi) is 7.30. The molecule has 2 aromatic carbocycles. The van der Waals surface area contributed by atoms with Gasteiger partial charge in [0.15, 0.2) is 0 Å². The molecule has 0 aliphatic heterocycles. The van der Waals surface area contributed by atoms with Crippen molar-refractivity contribution in [2.24, 2.45) is 5.41 Å². The molecule has 8 heteroatoms. The third kappa shape index (κ3) is 6.54. The van der Waals surface area contributed by atoms with Crippen LogP contribution in [-0.2, 0) is 16.0 Å². The van der Waals surface area contributed by atoms with Crippen LogP contribution in [-0.4, -0.2) is 24.1 Å². The van der Waals surface area contributed by atoms with Gasteiger partial charge in [-0.15, -0.1) is 11.3 Å². The zero-order chi connectivity index (χ0) is 22.4. The van der Waals surface area contributed by atoms with Gasteiger partial charge in [0, 0.05) is 18.3 Å². The van der Waals surface area contributed by atoms with Crippen LogP contribution < -0.4 is 10.6 Å². The molecule has 0 bridgehead atoms. The van der Waals surface area contributed by atoms with Gasteiger partial charge in [0.25, 0.3) is 0 Å². The highest BCUT2D eigenvalue weighted by atomic mass is 35.5. The Balaban J connectivity index is 1.61. The van der Waals surface area contributed by atoms with E-state index in [1.807, 2.05) is 44.3 Å². The molecular formula is C23H24ClN3O3S. The summed E-state index contributed by atoms with van der Waals surface area (Å²) >= 11 is 7.66. The van der Waals surface area contributed by atoms with E-state index in [1.165, 1.54) is 7.11 Å². The van der Waals surface area contributed by atoms with Crippen LogP contribution in [0.15, 0.2) is 54.7 Å². The largest absolute Gasteiger partial charge is 0.469 e. The maximum atomic E-state index is 12.2. The molecule has 3 aromatic rings. The van der Waals surface area contributed by atoms with Crippen molar-refractivity contribution in [1.29, 1.82) is 0 Å². The van der Waals surface area contributed by atoms with Gasteiger partial charge in [-0.25, -0.2) is 9.78 Å². The van der Waals surface area contributed by atoms with E-state index in [1.54, 1.807) is 35.6 Å². The molecule has 0 fully saturated rings. The van der Waals surface area contributed by atoms with Crippen molar-refractivity contribution in [1.82, 2.24) is 4.98 Å². The number of methoxy groups -OCH3 is 1. The normalized spacial score (nSPS) is 11.1. The Morgan fingerprint density at radius 2 is 1.81 bits per heavy atom. The van der Waals surface area contributed by atoms with Crippen molar-refractivity contribution in [3.05, 3.63) is 64.8 Å². The number of ether oxygens (including phenoxy) is 1. The van der Waals surface area contributed by atoms with E-state index in [0.717, 1.165) is 15.4 Å².